The molecule has 1 aromatic rings. The summed E-state index contributed by atoms with van der Waals surface area (Å²) in [6.45, 7) is 0.794. The van der Waals surface area contributed by atoms with Crippen LogP contribution in [0.3, 0.4) is 0 Å². The van der Waals surface area contributed by atoms with Gasteiger partial charge in [0.2, 0.25) is 5.91 Å². The molecule has 2 atom stereocenters. The van der Waals surface area contributed by atoms with Gasteiger partial charge in [0, 0.05) is 24.5 Å². The molecule has 0 bridgehead atoms. The van der Waals surface area contributed by atoms with Gasteiger partial charge in [0.1, 0.15) is 0 Å². The minimum absolute atomic E-state index is 0.0378. The molecule has 0 saturated heterocycles. The summed E-state index contributed by atoms with van der Waals surface area (Å²) < 4.78 is 0. The molecule has 0 radical (unpaired) electrons. The largest absolute Gasteiger partial charge is 0.345 e. The monoisotopic (exact) mass is 280 g/mol. The Balaban J connectivity index is 1.86. The zero-order valence-corrected chi connectivity index (χ0v) is 12.5. The van der Waals surface area contributed by atoms with Crippen molar-refractivity contribution in [2.24, 2.45) is 11.7 Å². The Hall–Kier alpha value is -0.870. The molecule has 0 aromatic carbocycles. The van der Waals surface area contributed by atoms with Crippen LogP contribution in [-0.4, -0.2) is 30.4 Å². The molecule has 1 heterocycles. The van der Waals surface area contributed by atoms with Crippen molar-refractivity contribution >= 4 is 17.2 Å². The molecule has 1 aliphatic carbocycles. The van der Waals surface area contributed by atoms with Crippen molar-refractivity contribution in [3.8, 4) is 0 Å². The number of nitrogens with zero attached hydrogens (tertiary/aromatic N) is 1. The Morgan fingerprint density at radius 3 is 2.95 bits per heavy atom. The van der Waals surface area contributed by atoms with Crippen LogP contribution in [0.2, 0.25) is 0 Å². The third-order valence-corrected chi connectivity index (χ3v) is 4.97. The van der Waals surface area contributed by atoms with Crippen LogP contribution in [0.4, 0.5) is 0 Å². The van der Waals surface area contributed by atoms with E-state index in [1.165, 1.54) is 17.7 Å². The van der Waals surface area contributed by atoms with E-state index in [9.17, 15) is 4.79 Å². The van der Waals surface area contributed by atoms with E-state index in [-0.39, 0.29) is 17.9 Å². The lowest BCUT2D eigenvalue weighted by atomic mass is 9.94. The molecule has 1 fully saturated rings. The normalized spacial score (nSPS) is 23.9. The molecule has 0 aliphatic heterocycles. The number of thiophene rings is 1. The molecule has 1 aromatic heterocycles. The number of carbonyl (C=O) groups is 1. The minimum atomic E-state index is 0.0378. The summed E-state index contributed by atoms with van der Waals surface area (Å²) in [5.41, 5.74) is 6.16. The lowest BCUT2D eigenvalue weighted by Gasteiger charge is -2.26. The van der Waals surface area contributed by atoms with Crippen molar-refractivity contribution in [2.45, 2.75) is 44.6 Å². The van der Waals surface area contributed by atoms with Gasteiger partial charge in [-0.3, -0.25) is 4.79 Å². The molecule has 1 saturated carbocycles. The van der Waals surface area contributed by atoms with E-state index in [1.807, 2.05) is 11.9 Å². The summed E-state index contributed by atoms with van der Waals surface area (Å²) in [4.78, 5) is 15.7. The lowest BCUT2D eigenvalue weighted by molar-refractivity contribution is -0.135. The van der Waals surface area contributed by atoms with Gasteiger partial charge >= 0.3 is 0 Å². The molecule has 0 spiro atoms. The summed E-state index contributed by atoms with van der Waals surface area (Å²) in [6, 6.07) is 4.24. The Kier molecular flexibility index (Phi) is 5.40. The quantitative estimate of drug-likeness (QED) is 0.862. The van der Waals surface area contributed by atoms with Gasteiger partial charge in [-0.05, 0) is 30.7 Å². The first-order chi connectivity index (χ1) is 9.18. The first-order valence-electron chi connectivity index (χ1n) is 7.21. The van der Waals surface area contributed by atoms with Gasteiger partial charge in [-0.15, -0.1) is 11.3 Å². The Labute approximate surface area is 119 Å². The van der Waals surface area contributed by atoms with Crippen molar-refractivity contribution in [3.05, 3.63) is 22.4 Å². The second kappa shape index (κ2) is 7.06. The number of amides is 1. The van der Waals surface area contributed by atoms with Gasteiger partial charge in [0.25, 0.3) is 0 Å². The highest BCUT2D eigenvalue weighted by atomic mass is 32.1. The summed E-state index contributed by atoms with van der Waals surface area (Å²) in [6.07, 6.45) is 6.43. The number of hydrogen-bond donors (Lipinski definition) is 1. The molecule has 4 heteroatoms. The highest BCUT2D eigenvalue weighted by Gasteiger charge is 2.28. The molecule has 2 rings (SSSR count). The highest BCUT2D eigenvalue weighted by Crippen LogP contribution is 2.24. The number of carbonyl (C=O) groups excluding carboxylic acids is 1. The Morgan fingerprint density at radius 2 is 2.21 bits per heavy atom. The van der Waals surface area contributed by atoms with Crippen molar-refractivity contribution < 1.29 is 4.79 Å². The molecule has 106 valence electrons. The molecule has 19 heavy (non-hydrogen) atoms. The summed E-state index contributed by atoms with van der Waals surface area (Å²) in [7, 11) is 1.91. The Morgan fingerprint density at radius 1 is 1.42 bits per heavy atom. The number of likely N-dealkylation sites (N-methyl/N-ethyl adjacent to an activating group) is 1. The second-order valence-corrected chi connectivity index (χ2v) is 6.53. The predicted octanol–water partition coefficient (Wildman–Crippen LogP) is 2.66. The third kappa shape index (κ3) is 4.05. The zero-order chi connectivity index (χ0) is 13.7. The van der Waals surface area contributed by atoms with E-state index in [1.54, 1.807) is 11.3 Å². The summed E-state index contributed by atoms with van der Waals surface area (Å²) >= 11 is 1.75. The van der Waals surface area contributed by atoms with Gasteiger partial charge in [-0.2, -0.15) is 0 Å². The summed E-state index contributed by atoms with van der Waals surface area (Å²) in [5.74, 6) is 0.279. The average Bonchev–Trinajstić information content (AvgIpc) is 2.83. The highest BCUT2D eigenvalue weighted by molar-refractivity contribution is 7.09. The van der Waals surface area contributed by atoms with Crippen LogP contribution in [0.15, 0.2) is 17.5 Å². The predicted molar refractivity (Wildman–Crippen MR) is 80.2 cm³/mol. The smallest absolute Gasteiger partial charge is 0.226 e. The number of hydrogen-bond acceptors (Lipinski definition) is 3. The maximum Gasteiger partial charge on any atom is 0.226 e. The molecule has 2 unspecified atom stereocenters. The van der Waals surface area contributed by atoms with E-state index in [4.69, 9.17) is 5.73 Å². The van der Waals surface area contributed by atoms with Crippen LogP contribution in [-0.2, 0) is 11.2 Å². The van der Waals surface area contributed by atoms with Gasteiger partial charge in [-0.25, -0.2) is 0 Å². The first kappa shape index (κ1) is 14.5. The average molecular weight is 280 g/mol. The number of rotatable bonds is 4. The van der Waals surface area contributed by atoms with E-state index in [0.717, 1.165) is 32.2 Å². The first-order valence-corrected chi connectivity index (χ1v) is 8.09. The fraction of sp³-hybridized carbons (Fsp3) is 0.667. The maximum atomic E-state index is 12.5. The molecule has 1 amide bonds. The fourth-order valence-corrected chi connectivity index (χ4v) is 3.47. The van der Waals surface area contributed by atoms with E-state index in [2.05, 4.69) is 17.5 Å². The van der Waals surface area contributed by atoms with Crippen LogP contribution >= 0.6 is 11.3 Å². The molecule has 2 N–H and O–H groups in total. The van der Waals surface area contributed by atoms with Gasteiger partial charge in [-0.1, -0.05) is 25.3 Å². The standard InChI is InChI=1S/C15H24N2OS/c1-17(10-9-12-6-5-11-19-12)15(18)13-7-3-2-4-8-14(13)16/h5-6,11,13-14H,2-4,7-10,16H2,1H3. The second-order valence-electron chi connectivity index (χ2n) is 5.50. The van der Waals surface area contributed by atoms with Gasteiger partial charge < -0.3 is 10.6 Å². The maximum absolute atomic E-state index is 12.5. The van der Waals surface area contributed by atoms with E-state index >= 15 is 0 Å². The van der Waals surface area contributed by atoms with E-state index in [0.29, 0.717) is 0 Å². The van der Waals surface area contributed by atoms with Crippen molar-refractivity contribution in [2.75, 3.05) is 13.6 Å². The molecule has 1 aliphatic rings. The topological polar surface area (TPSA) is 46.3 Å². The zero-order valence-electron chi connectivity index (χ0n) is 11.7. The van der Waals surface area contributed by atoms with Crippen molar-refractivity contribution in [1.82, 2.24) is 4.90 Å². The minimum Gasteiger partial charge on any atom is -0.345 e. The van der Waals surface area contributed by atoms with E-state index < -0.39 is 0 Å². The Bertz CT molecular complexity index is 391. The van der Waals surface area contributed by atoms with Gasteiger partial charge in [0.05, 0.1) is 5.92 Å². The van der Waals surface area contributed by atoms with Crippen LogP contribution in [0, 0.1) is 5.92 Å². The van der Waals surface area contributed by atoms with Crippen LogP contribution in [0.25, 0.3) is 0 Å². The van der Waals surface area contributed by atoms with Crippen LogP contribution in [0.5, 0.6) is 0 Å². The SMILES string of the molecule is CN(CCc1cccs1)C(=O)C1CCCCCC1N. The third-order valence-electron chi connectivity index (χ3n) is 4.04. The lowest BCUT2D eigenvalue weighted by Crippen LogP contribution is -2.42. The van der Waals surface area contributed by atoms with Crippen LogP contribution in [0.1, 0.15) is 37.0 Å². The molecule has 3 nitrogen and oxygen atoms in total. The van der Waals surface area contributed by atoms with Crippen molar-refractivity contribution in [3.63, 3.8) is 0 Å². The fourth-order valence-electron chi connectivity index (χ4n) is 2.77. The van der Waals surface area contributed by atoms with Gasteiger partial charge in [0.15, 0.2) is 0 Å². The summed E-state index contributed by atoms with van der Waals surface area (Å²) in [5, 5.41) is 2.08. The van der Waals surface area contributed by atoms with Crippen LogP contribution < -0.4 is 5.73 Å². The number of nitrogens with two attached hydrogens (primary N) is 1. The molecular formula is C15H24N2OS. The molecular weight excluding hydrogens is 256 g/mol. The van der Waals surface area contributed by atoms with Crippen molar-refractivity contribution in [1.29, 1.82) is 0 Å².